The van der Waals surface area contributed by atoms with Crippen molar-refractivity contribution < 1.29 is 13.9 Å². The Bertz CT molecular complexity index is 323. The van der Waals surface area contributed by atoms with Gasteiger partial charge in [-0.1, -0.05) is 0 Å². The summed E-state index contributed by atoms with van der Waals surface area (Å²) in [4.78, 5) is 6.48. The zero-order chi connectivity index (χ0) is 10.8. The molecule has 5 heteroatoms. The Morgan fingerprint density at radius 1 is 1.25 bits per heavy atom. The Hall–Kier alpha value is -0.910. The van der Waals surface area contributed by atoms with Crippen molar-refractivity contribution in [1.29, 1.82) is 0 Å². The van der Waals surface area contributed by atoms with E-state index < -0.39 is 0 Å². The van der Waals surface area contributed by atoms with Crippen LogP contribution >= 0.6 is 0 Å². The molecule has 0 N–H and O–H groups in total. The van der Waals surface area contributed by atoms with E-state index in [9.17, 15) is 0 Å². The highest BCUT2D eigenvalue weighted by molar-refractivity contribution is 4.92. The summed E-state index contributed by atoms with van der Waals surface area (Å²) in [5.41, 5.74) is 0.990. The molecule has 0 amide bonds. The van der Waals surface area contributed by atoms with E-state index in [0.717, 1.165) is 51.4 Å². The van der Waals surface area contributed by atoms with Gasteiger partial charge in [0.25, 0.3) is 0 Å². The van der Waals surface area contributed by atoms with E-state index in [1.165, 1.54) is 6.39 Å². The number of nitrogens with zero attached hydrogens (tertiary/aromatic N) is 2. The third-order valence-electron chi connectivity index (χ3n) is 3.30. The molecule has 0 aliphatic carbocycles. The molecular formula is C11H16N2O3. The van der Waals surface area contributed by atoms with E-state index in [1.807, 2.05) is 0 Å². The van der Waals surface area contributed by atoms with Crippen LogP contribution in [0.1, 0.15) is 18.5 Å². The first kappa shape index (κ1) is 10.3. The molecule has 0 atom stereocenters. The van der Waals surface area contributed by atoms with Crippen LogP contribution in [0.2, 0.25) is 0 Å². The van der Waals surface area contributed by atoms with Gasteiger partial charge in [0, 0.05) is 32.5 Å². The number of piperidine rings is 1. The Labute approximate surface area is 94.3 Å². The summed E-state index contributed by atoms with van der Waals surface area (Å²) in [6.45, 7) is 4.32. The van der Waals surface area contributed by atoms with Crippen LogP contribution in [-0.4, -0.2) is 42.0 Å². The van der Waals surface area contributed by atoms with Crippen LogP contribution in [0.5, 0.6) is 0 Å². The van der Waals surface area contributed by atoms with Gasteiger partial charge in [0.05, 0.1) is 18.9 Å². The summed E-state index contributed by atoms with van der Waals surface area (Å²) in [5.74, 6) is -0.277. The third kappa shape index (κ3) is 1.98. The van der Waals surface area contributed by atoms with Crippen molar-refractivity contribution in [2.45, 2.75) is 25.2 Å². The number of likely N-dealkylation sites (tertiary alicyclic amines) is 1. The number of aromatic nitrogens is 1. The molecule has 0 saturated carbocycles. The lowest BCUT2D eigenvalue weighted by Crippen LogP contribution is -2.44. The molecule has 88 valence electrons. The van der Waals surface area contributed by atoms with Crippen molar-refractivity contribution in [1.82, 2.24) is 9.88 Å². The Balaban J connectivity index is 1.54. The lowest BCUT2D eigenvalue weighted by Gasteiger charge is -2.37. The van der Waals surface area contributed by atoms with Crippen molar-refractivity contribution in [3.63, 3.8) is 0 Å². The zero-order valence-electron chi connectivity index (χ0n) is 9.22. The van der Waals surface area contributed by atoms with E-state index >= 15 is 0 Å². The number of hydrogen-bond donors (Lipinski definition) is 0. The largest absolute Gasteiger partial charge is 0.451 e. The van der Waals surface area contributed by atoms with Crippen molar-refractivity contribution in [3.05, 3.63) is 18.4 Å². The third-order valence-corrected chi connectivity index (χ3v) is 3.30. The lowest BCUT2D eigenvalue weighted by molar-refractivity contribution is -0.185. The molecular weight excluding hydrogens is 208 g/mol. The second kappa shape index (κ2) is 4.16. The second-order valence-electron chi connectivity index (χ2n) is 4.36. The SMILES string of the molecule is c1nc(CN2CCC3(CC2)OCCO3)co1. The summed E-state index contributed by atoms with van der Waals surface area (Å²) >= 11 is 0. The summed E-state index contributed by atoms with van der Waals surface area (Å²) in [6, 6.07) is 0. The molecule has 0 aromatic carbocycles. The van der Waals surface area contributed by atoms with Gasteiger partial charge in [0.1, 0.15) is 6.26 Å². The average molecular weight is 224 g/mol. The van der Waals surface area contributed by atoms with E-state index in [0.29, 0.717) is 0 Å². The van der Waals surface area contributed by atoms with Gasteiger partial charge in [-0.25, -0.2) is 4.98 Å². The topological polar surface area (TPSA) is 47.7 Å². The minimum Gasteiger partial charge on any atom is -0.451 e. The van der Waals surface area contributed by atoms with Gasteiger partial charge in [0.15, 0.2) is 12.2 Å². The van der Waals surface area contributed by atoms with Gasteiger partial charge >= 0.3 is 0 Å². The molecule has 1 aromatic rings. The van der Waals surface area contributed by atoms with Gasteiger partial charge in [-0.05, 0) is 0 Å². The smallest absolute Gasteiger partial charge is 0.180 e. The molecule has 1 aromatic heterocycles. The fourth-order valence-corrected chi connectivity index (χ4v) is 2.38. The molecule has 5 nitrogen and oxygen atoms in total. The lowest BCUT2D eigenvalue weighted by atomic mass is 10.0. The minimum atomic E-state index is -0.277. The van der Waals surface area contributed by atoms with E-state index in [1.54, 1.807) is 6.26 Å². The normalized spacial score (nSPS) is 25.2. The molecule has 3 heterocycles. The van der Waals surface area contributed by atoms with Crippen molar-refractivity contribution in [2.75, 3.05) is 26.3 Å². The molecule has 1 spiro atoms. The van der Waals surface area contributed by atoms with Crippen LogP contribution in [-0.2, 0) is 16.0 Å². The zero-order valence-corrected chi connectivity index (χ0v) is 9.22. The fraction of sp³-hybridized carbons (Fsp3) is 0.727. The maximum Gasteiger partial charge on any atom is 0.180 e. The molecule has 2 aliphatic rings. The Morgan fingerprint density at radius 2 is 2.00 bits per heavy atom. The summed E-state index contributed by atoms with van der Waals surface area (Å²) in [6.07, 6.45) is 5.08. The predicted molar refractivity (Wildman–Crippen MR) is 55.6 cm³/mol. The molecule has 0 unspecified atom stereocenters. The first-order valence-corrected chi connectivity index (χ1v) is 5.74. The molecule has 16 heavy (non-hydrogen) atoms. The van der Waals surface area contributed by atoms with E-state index in [4.69, 9.17) is 13.9 Å². The van der Waals surface area contributed by atoms with Crippen LogP contribution in [0, 0.1) is 0 Å². The monoisotopic (exact) mass is 224 g/mol. The average Bonchev–Trinajstić information content (AvgIpc) is 2.94. The van der Waals surface area contributed by atoms with Crippen LogP contribution in [0.25, 0.3) is 0 Å². The minimum absolute atomic E-state index is 0.277. The Kier molecular flexibility index (Phi) is 2.67. The standard InChI is InChI=1S/C11H16N2O3/c1-3-13(7-10-8-14-9-12-10)4-2-11(1)15-5-6-16-11/h8-9H,1-7H2. The van der Waals surface area contributed by atoms with E-state index in [2.05, 4.69) is 9.88 Å². The first-order valence-electron chi connectivity index (χ1n) is 5.74. The fourth-order valence-electron chi connectivity index (χ4n) is 2.38. The summed E-state index contributed by atoms with van der Waals surface area (Å²) in [5, 5.41) is 0. The molecule has 2 aliphatic heterocycles. The molecule has 3 rings (SSSR count). The van der Waals surface area contributed by atoms with Gasteiger partial charge in [-0.3, -0.25) is 4.90 Å². The predicted octanol–water partition coefficient (Wildman–Crippen LogP) is 1.01. The maximum atomic E-state index is 5.68. The van der Waals surface area contributed by atoms with Crippen LogP contribution in [0.15, 0.2) is 17.1 Å². The van der Waals surface area contributed by atoms with Gasteiger partial charge in [0.2, 0.25) is 0 Å². The first-order chi connectivity index (χ1) is 7.86. The van der Waals surface area contributed by atoms with Crippen molar-refractivity contribution >= 4 is 0 Å². The number of ether oxygens (including phenoxy) is 2. The Morgan fingerprint density at radius 3 is 2.62 bits per heavy atom. The quantitative estimate of drug-likeness (QED) is 0.750. The van der Waals surface area contributed by atoms with Gasteiger partial charge in [-0.15, -0.1) is 0 Å². The summed E-state index contributed by atoms with van der Waals surface area (Å²) in [7, 11) is 0. The van der Waals surface area contributed by atoms with E-state index in [-0.39, 0.29) is 5.79 Å². The molecule has 2 fully saturated rings. The molecule has 0 bridgehead atoms. The number of rotatable bonds is 2. The molecule has 0 radical (unpaired) electrons. The number of hydrogen-bond acceptors (Lipinski definition) is 5. The van der Waals surface area contributed by atoms with Gasteiger partial charge in [-0.2, -0.15) is 0 Å². The van der Waals surface area contributed by atoms with Crippen LogP contribution < -0.4 is 0 Å². The highest BCUT2D eigenvalue weighted by atomic mass is 16.7. The van der Waals surface area contributed by atoms with Crippen molar-refractivity contribution in [2.24, 2.45) is 0 Å². The second-order valence-corrected chi connectivity index (χ2v) is 4.36. The van der Waals surface area contributed by atoms with Crippen LogP contribution in [0.4, 0.5) is 0 Å². The maximum absolute atomic E-state index is 5.68. The number of oxazole rings is 1. The molecule has 2 saturated heterocycles. The highest BCUT2D eigenvalue weighted by Crippen LogP contribution is 2.31. The van der Waals surface area contributed by atoms with Crippen molar-refractivity contribution in [3.8, 4) is 0 Å². The van der Waals surface area contributed by atoms with Gasteiger partial charge < -0.3 is 13.9 Å². The summed E-state index contributed by atoms with van der Waals surface area (Å²) < 4.78 is 16.3. The van der Waals surface area contributed by atoms with Crippen LogP contribution in [0.3, 0.4) is 0 Å². The highest BCUT2D eigenvalue weighted by Gasteiger charge is 2.39.